The fourth-order valence-electron chi connectivity index (χ4n) is 3.78. The Hall–Kier alpha value is -3.99. The molecule has 168 valence electrons. The monoisotopic (exact) mass is 468 g/mol. The van der Waals surface area contributed by atoms with Gasteiger partial charge in [0.15, 0.2) is 23.6 Å². The van der Waals surface area contributed by atoms with Crippen LogP contribution in [0.15, 0.2) is 57.3 Å². The van der Waals surface area contributed by atoms with E-state index in [1.54, 1.807) is 36.4 Å². The third-order valence-electron chi connectivity index (χ3n) is 5.36. The quantitative estimate of drug-likeness (QED) is 0.506. The minimum atomic E-state index is -0.962. The fraction of sp³-hybridized carbons (Fsp3) is 0.238. The Morgan fingerprint density at radius 1 is 1.06 bits per heavy atom. The Labute approximate surface area is 192 Å². The van der Waals surface area contributed by atoms with Gasteiger partial charge in [0.1, 0.15) is 6.54 Å². The summed E-state index contributed by atoms with van der Waals surface area (Å²) < 4.78 is 15.8. The second-order valence-corrected chi connectivity index (χ2v) is 7.64. The predicted octanol–water partition coefficient (Wildman–Crippen LogP) is 2.90. The first-order chi connectivity index (χ1) is 16.0. The van der Waals surface area contributed by atoms with Crippen molar-refractivity contribution in [1.82, 2.24) is 15.1 Å². The van der Waals surface area contributed by atoms with Gasteiger partial charge in [-0.3, -0.25) is 14.6 Å². The number of benzene rings is 2. The van der Waals surface area contributed by atoms with Crippen molar-refractivity contribution >= 4 is 29.1 Å². The van der Waals surface area contributed by atoms with Crippen LogP contribution in [0.25, 0.3) is 11.4 Å². The topological polar surface area (TPSA) is 123 Å². The minimum absolute atomic E-state index is 0.000906. The van der Waals surface area contributed by atoms with Gasteiger partial charge in [0.25, 0.3) is 11.8 Å². The Bertz CT molecular complexity index is 1280. The van der Waals surface area contributed by atoms with E-state index >= 15 is 0 Å². The molecule has 1 saturated heterocycles. The summed E-state index contributed by atoms with van der Waals surface area (Å²) in [7, 11) is 2.97. The number of carbonyl (C=O) groups is 2. The highest BCUT2D eigenvalue weighted by Gasteiger charge is 2.55. The molecule has 12 heteroatoms. The van der Waals surface area contributed by atoms with Crippen molar-refractivity contribution in [3.63, 3.8) is 0 Å². The van der Waals surface area contributed by atoms with Gasteiger partial charge in [-0.25, -0.2) is 4.90 Å². The normalized spacial score (nSPS) is 19.4. The average Bonchev–Trinajstić information content (AvgIpc) is 3.52. The van der Waals surface area contributed by atoms with E-state index in [1.807, 2.05) is 6.07 Å². The number of hydrogen-bond acceptors (Lipinski definition) is 10. The summed E-state index contributed by atoms with van der Waals surface area (Å²) in [6.07, 6.45) is 0. The highest BCUT2D eigenvalue weighted by Crippen LogP contribution is 2.37. The molecule has 0 aliphatic carbocycles. The number of carbonyl (C=O) groups excluding carboxylic acids is 2. The summed E-state index contributed by atoms with van der Waals surface area (Å²) >= 11 is 6.19. The van der Waals surface area contributed by atoms with E-state index in [4.69, 9.17) is 25.6 Å². The molecule has 1 fully saturated rings. The first kappa shape index (κ1) is 20.9. The van der Waals surface area contributed by atoms with Crippen LogP contribution < -0.4 is 14.4 Å². The van der Waals surface area contributed by atoms with Crippen LogP contribution in [0.3, 0.4) is 0 Å². The molecular weight excluding hydrogens is 452 g/mol. The zero-order chi connectivity index (χ0) is 23.1. The van der Waals surface area contributed by atoms with Crippen molar-refractivity contribution in [1.29, 1.82) is 0 Å². The third-order valence-corrected chi connectivity index (χ3v) is 5.69. The maximum absolute atomic E-state index is 13.2. The number of halogens is 1. The van der Waals surface area contributed by atoms with E-state index in [0.717, 1.165) is 4.90 Å². The number of fused-ring (bicyclic) bond motifs is 1. The van der Waals surface area contributed by atoms with Crippen LogP contribution in [0.2, 0.25) is 5.02 Å². The summed E-state index contributed by atoms with van der Waals surface area (Å²) in [5.41, 5.74) is 0.966. The molecule has 11 nitrogen and oxygen atoms in total. The third kappa shape index (κ3) is 3.46. The van der Waals surface area contributed by atoms with E-state index in [2.05, 4.69) is 20.5 Å². The predicted molar refractivity (Wildman–Crippen MR) is 115 cm³/mol. The minimum Gasteiger partial charge on any atom is -0.493 e. The molecule has 3 heterocycles. The second kappa shape index (κ2) is 8.17. The van der Waals surface area contributed by atoms with Crippen LogP contribution in [-0.4, -0.2) is 53.3 Å². The summed E-state index contributed by atoms with van der Waals surface area (Å²) in [6, 6.07) is 10.0. The molecule has 2 amide bonds. The second-order valence-electron chi connectivity index (χ2n) is 7.23. The van der Waals surface area contributed by atoms with E-state index in [-0.39, 0.29) is 12.4 Å². The lowest BCUT2D eigenvalue weighted by molar-refractivity contribution is -0.123. The number of nitrogens with zero attached hydrogens (tertiary/aromatic N) is 6. The van der Waals surface area contributed by atoms with Crippen molar-refractivity contribution in [2.75, 3.05) is 19.1 Å². The first-order valence-corrected chi connectivity index (χ1v) is 10.2. The van der Waals surface area contributed by atoms with Gasteiger partial charge in [-0.05, 0) is 24.3 Å². The first-order valence-electron chi connectivity index (χ1n) is 9.86. The molecule has 3 aromatic rings. The average molecular weight is 469 g/mol. The smallest absolute Gasteiger partial charge is 0.263 e. The number of ether oxygens (including phenoxy) is 2. The van der Waals surface area contributed by atoms with E-state index in [0.29, 0.717) is 33.6 Å². The molecular formula is C21H17ClN6O5. The standard InChI is InChI=1S/C21H17ClN6O5/c1-31-14-8-7-11(9-15(14)32-2)28-20(29)17-18(21(28)30)27(26-24-17)10-16-23-19(25-33-16)12-5-3-4-6-13(12)22/h3-9,17-18H,10H2,1-2H3/t17-,18+/m1/s1. The molecule has 2 aliphatic rings. The van der Waals surface area contributed by atoms with E-state index in [9.17, 15) is 9.59 Å². The summed E-state index contributed by atoms with van der Waals surface area (Å²) in [6.45, 7) is 0.000906. The number of anilines is 1. The van der Waals surface area contributed by atoms with Crippen LogP contribution in [0.1, 0.15) is 5.89 Å². The Kier molecular flexibility index (Phi) is 5.17. The van der Waals surface area contributed by atoms with Crippen molar-refractivity contribution in [2.24, 2.45) is 10.3 Å². The van der Waals surface area contributed by atoms with Crippen LogP contribution in [0.5, 0.6) is 11.5 Å². The highest BCUT2D eigenvalue weighted by molar-refractivity contribution is 6.33. The molecule has 0 unspecified atom stereocenters. The van der Waals surface area contributed by atoms with Gasteiger partial charge >= 0.3 is 0 Å². The van der Waals surface area contributed by atoms with Gasteiger partial charge in [-0.1, -0.05) is 34.1 Å². The molecule has 2 atom stereocenters. The summed E-state index contributed by atoms with van der Waals surface area (Å²) in [5, 5.41) is 13.8. The fourth-order valence-corrected chi connectivity index (χ4v) is 4.00. The number of imide groups is 1. The van der Waals surface area contributed by atoms with Gasteiger partial charge < -0.3 is 14.0 Å². The van der Waals surface area contributed by atoms with Gasteiger partial charge in [0.05, 0.1) is 24.9 Å². The number of methoxy groups -OCH3 is 2. The lowest BCUT2D eigenvalue weighted by Crippen LogP contribution is -2.39. The van der Waals surface area contributed by atoms with Crippen LogP contribution in [-0.2, 0) is 16.1 Å². The number of hydrogen-bond donors (Lipinski definition) is 0. The molecule has 2 aliphatic heterocycles. The molecule has 0 spiro atoms. The van der Waals surface area contributed by atoms with Gasteiger partial charge in [-0.2, -0.15) is 10.1 Å². The lowest BCUT2D eigenvalue weighted by Gasteiger charge is -2.20. The van der Waals surface area contributed by atoms with Gasteiger partial charge in [0.2, 0.25) is 11.7 Å². The number of aromatic nitrogens is 2. The van der Waals surface area contributed by atoms with Crippen molar-refractivity contribution in [3.05, 3.63) is 53.4 Å². The molecule has 0 saturated carbocycles. The summed E-state index contributed by atoms with van der Waals surface area (Å²) in [4.78, 5) is 31.6. The largest absolute Gasteiger partial charge is 0.493 e. The Morgan fingerprint density at radius 3 is 2.61 bits per heavy atom. The molecule has 5 rings (SSSR count). The van der Waals surface area contributed by atoms with Crippen molar-refractivity contribution in [2.45, 2.75) is 18.6 Å². The van der Waals surface area contributed by atoms with Crippen LogP contribution >= 0.6 is 11.6 Å². The molecule has 1 aromatic heterocycles. The van der Waals surface area contributed by atoms with E-state index < -0.39 is 23.9 Å². The maximum atomic E-state index is 13.2. The van der Waals surface area contributed by atoms with Crippen LogP contribution in [0, 0.1) is 0 Å². The molecule has 0 N–H and O–H groups in total. The molecule has 0 radical (unpaired) electrons. The van der Waals surface area contributed by atoms with Crippen molar-refractivity contribution < 1.29 is 23.6 Å². The van der Waals surface area contributed by atoms with Crippen molar-refractivity contribution in [3.8, 4) is 22.9 Å². The molecule has 33 heavy (non-hydrogen) atoms. The molecule has 2 aromatic carbocycles. The Balaban J connectivity index is 1.38. The zero-order valence-electron chi connectivity index (χ0n) is 17.5. The lowest BCUT2D eigenvalue weighted by atomic mass is 10.1. The molecule has 0 bridgehead atoms. The maximum Gasteiger partial charge on any atom is 0.263 e. The van der Waals surface area contributed by atoms with Crippen LogP contribution in [0.4, 0.5) is 5.69 Å². The van der Waals surface area contributed by atoms with E-state index in [1.165, 1.54) is 19.2 Å². The SMILES string of the molecule is COc1ccc(N2C(=O)[C@@H]3[C@@H](N=NN3Cc3nc(-c4ccccc4Cl)no3)C2=O)cc1OC. The van der Waals surface area contributed by atoms with Gasteiger partial charge in [0, 0.05) is 11.6 Å². The summed E-state index contributed by atoms with van der Waals surface area (Å²) in [5.74, 6) is 0.439. The number of rotatable bonds is 6. The number of amides is 2. The Morgan fingerprint density at radius 2 is 1.85 bits per heavy atom. The zero-order valence-corrected chi connectivity index (χ0v) is 18.3. The highest BCUT2D eigenvalue weighted by atomic mass is 35.5. The van der Waals surface area contributed by atoms with Gasteiger partial charge in [-0.15, -0.1) is 0 Å².